The lowest BCUT2D eigenvalue weighted by Crippen LogP contribution is -2.43. The van der Waals surface area contributed by atoms with Crippen molar-refractivity contribution in [1.29, 1.82) is 0 Å². The summed E-state index contributed by atoms with van der Waals surface area (Å²) in [6.07, 6.45) is 2.27. The van der Waals surface area contributed by atoms with Crippen molar-refractivity contribution in [3.63, 3.8) is 0 Å². The quantitative estimate of drug-likeness (QED) is 0.159. The van der Waals surface area contributed by atoms with E-state index in [9.17, 15) is 29.6 Å². The summed E-state index contributed by atoms with van der Waals surface area (Å²) >= 11 is 0. The maximum atomic E-state index is 11.7. The molecule has 2 atom stereocenters. The van der Waals surface area contributed by atoms with Gasteiger partial charge in [0.25, 0.3) is 11.8 Å². The molecule has 0 aromatic heterocycles. The first kappa shape index (κ1) is 22.0. The van der Waals surface area contributed by atoms with Gasteiger partial charge in [0.15, 0.2) is 0 Å². The Morgan fingerprint density at radius 2 is 1.21 bits per heavy atom. The van der Waals surface area contributed by atoms with Gasteiger partial charge in [0.05, 0.1) is 38.3 Å². The molecular weight excluding hydrogens is 372 g/mol. The van der Waals surface area contributed by atoms with Gasteiger partial charge in [-0.3, -0.25) is 40.2 Å². The van der Waals surface area contributed by atoms with E-state index in [1.807, 2.05) is 0 Å². The van der Waals surface area contributed by atoms with Crippen LogP contribution in [0.5, 0.6) is 0 Å². The van der Waals surface area contributed by atoms with Crippen LogP contribution in [-0.2, 0) is 19.2 Å². The molecule has 0 aliphatic carbocycles. The molecule has 28 heavy (non-hydrogen) atoms. The van der Waals surface area contributed by atoms with Crippen molar-refractivity contribution in [2.75, 3.05) is 39.3 Å². The Morgan fingerprint density at radius 3 is 1.54 bits per heavy atom. The van der Waals surface area contributed by atoms with Crippen molar-refractivity contribution in [1.82, 2.24) is 31.4 Å². The highest BCUT2D eigenvalue weighted by Crippen LogP contribution is 2.08. The summed E-state index contributed by atoms with van der Waals surface area (Å²) in [5.41, 5.74) is 0. The maximum Gasteiger partial charge on any atom is 0.263 e. The van der Waals surface area contributed by atoms with Crippen LogP contribution in [0, 0.1) is 0 Å². The normalized spacial score (nSPS) is 22.1. The third kappa shape index (κ3) is 6.71. The second-order valence-electron chi connectivity index (χ2n) is 6.77. The number of carbonyl (C=O) groups is 4. The lowest BCUT2D eigenvalue weighted by Gasteiger charge is -2.12. The van der Waals surface area contributed by atoms with Crippen LogP contribution in [-0.4, -0.2) is 95.5 Å². The van der Waals surface area contributed by atoms with Crippen LogP contribution in [0.3, 0.4) is 0 Å². The predicted molar refractivity (Wildman–Crippen MR) is 95.1 cm³/mol. The van der Waals surface area contributed by atoms with Crippen molar-refractivity contribution in [3.05, 3.63) is 0 Å². The van der Waals surface area contributed by atoms with Gasteiger partial charge in [-0.2, -0.15) is 0 Å². The largest absolute Gasteiger partial charge is 0.355 e. The van der Waals surface area contributed by atoms with Crippen molar-refractivity contribution in [2.24, 2.45) is 0 Å². The molecule has 12 heteroatoms. The minimum atomic E-state index is -0.528. The van der Waals surface area contributed by atoms with Gasteiger partial charge in [-0.05, 0) is 25.7 Å². The molecule has 4 amide bonds. The highest BCUT2D eigenvalue weighted by molar-refractivity contribution is 5.85. The zero-order valence-corrected chi connectivity index (χ0v) is 15.6. The van der Waals surface area contributed by atoms with Crippen LogP contribution < -0.4 is 21.3 Å². The lowest BCUT2D eigenvalue weighted by atomic mass is 10.2. The third-order valence-corrected chi connectivity index (χ3v) is 4.63. The fourth-order valence-corrected chi connectivity index (χ4v) is 2.97. The molecular formula is C16H28N6O6. The molecule has 0 bridgehead atoms. The van der Waals surface area contributed by atoms with Crippen LogP contribution in [0.4, 0.5) is 0 Å². The molecule has 6 N–H and O–H groups in total. The molecule has 0 saturated carbocycles. The van der Waals surface area contributed by atoms with Gasteiger partial charge in [-0.15, -0.1) is 0 Å². The summed E-state index contributed by atoms with van der Waals surface area (Å²) in [5.74, 6) is -1.33. The maximum absolute atomic E-state index is 11.7. The summed E-state index contributed by atoms with van der Waals surface area (Å²) in [4.78, 5) is 46.3. The van der Waals surface area contributed by atoms with E-state index in [4.69, 9.17) is 0 Å². The Labute approximate surface area is 162 Å². The number of amides is 4. The molecule has 2 fully saturated rings. The number of hydroxylamine groups is 4. The first-order valence-corrected chi connectivity index (χ1v) is 9.39. The molecule has 2 aliphatic rings. The highest BCUT2D eigenvalue weighted by atomic mass is 16.5. The molecule has 2 aliphatic heterocycles. The molecule has 2 saturated heterocycles. The molecule has 0 unspecified atom stereocenters. The minimum Gasteiger partial charge on any atom is -0.355 e. The summed E-state index contributed by atoms with van der Waals surface area (Å²) in [5, 5.41) is 30.7. The van der Waals surface area contributed by atoms with E-state index in [2.05, 4.69) is 21.3 Å². The van der Waals surface area contributed by atoms with Crippen molar-refractivity contribution in [2.45, 2.75) is 37.8 Å². The standard InChI is InChI=1S/C16H28N6O6/c23-13(9-19-11-3-7-21(27)15(11)25)17-5-1-2-6-18-14(24)10-20-12-4-8-22(28)16(12)26/h11-12,19-20,27-28H,1-10H2,(H,17,23)(H,18,24)/t11-,12-/m1/s1. The molecule has 2 heterocycles. The fraction of sp³-hybridized carbons (Fsp3) is 0.750. The van der Waals surface area contributed by atoms with Gasteiger partial charge in [-0.1, -0.05) is 0 Å². The first-order valence-electron chi connectivity index (χ1n) is 9.39. The van der Waals surface area contributed by atoms with E-state index in [0.717, 1.165) is 0 Å². The van der Waals surface area contributed by atoms with E-state index < -0.39 is 23.9 Å². The molecule has 0 aromatic carbocycles. The van der Waals surface area contributed by atoms with E-state index in [-0.39, 0.29) is 38.0 Å². The molecule has 0 aromatic rings. The average molecular weight is 400 g/mol. The Morgan fingerprint density at radius 1 is 0.821 bits per heavy atom. The average Bonchev–Trinajstić information content (AvgIpc) is 3.17. The van der Waals surface area contributed by atoms with Gasteiger partial charge < -0.3 is 10.6 Å². The number of hydrogen-bond acceptors (Lipinski definition) is 8. The summed E-state index contributed by atoms with van der Waals surface area (Å²) in [7, 11) is 0. The van der Waals surface area contributed by atoms with Crippen LogP contribution >= 0.6 is 0 Å². The van der Waals surface area contributed by atoms with Crippen molar-refractivity contribution in [3.8, 4) is 0 Å². The fourth-order valence-electron chi connectivity index (χ4n) is 2.97. The molecule has 2 rings (SSSR count). The van der Waals surface area contributed by atoms with E-state index in [0.29, 0.717) is 48.9 Å². The zero-order chi connectivity index (χ0) is 20.5. The topological polar surface area (TPSA) is 163 Å². The molecule has 0 spiro atoms. The van der Waals surface area contributed by atoms with E-state index >= 15 is 0 Å². The van der Waals surface area contributed by atoms with E-state index in [1.165, 1.54) is 0 Å². The number of nitrogens with zero attached hydrogens (tertiary/aromatic N) is 2. The SMILES string of the molecule is O=C(CN[C@@H]1CCN(O)C1=O)NCCCCNC(=O)CN[C@@H]1CCN(O)C1=O. The smallest absolute Gasteiger partial charge is 0.263 e. The second kappa shape index (κ2) is 10.9. The third-order valence-electron chi connectivity index (χ3n) is 4.63. The summed E-state index contributed by atoms with van der Waals surface area (Å²) in [6, 6.07) is -1.06. The summed E-state index contributed by atoms with van der Waals surface area (Å²) in [6.45, 7) is 1.41. The second-order valence-corrected chi connectivity index (χ2v) is 6.77. The monoisotopic (exact) mass is 400 g/mol. The number of nitrogens with one attached hydrogen (secondary N) is 4. The van der Waals surface area contributed by atoms with Crippen LogP contribution in [0.25, 0.3) is 0 Å². The Kier molecular flexibility index (Phi) is 8.57. The Hall–Kier alpha value is -2.28. The highest BCUT2D eigenvalue weighted by Gasteiger charge is 2.31. The van der Waals surface area contributed by atoms with Crippen molar-refractivity contribution < 1.29 is 29.6 Å². The molecule has 12 nitrogen and oxygen atoms in total. The number of hydrogen-bond donors (Lipinski definition) is 6. The van der Waals surface area contributed by atoms with Crippen molar-refractivity contribution >= 4 is 23.6 Å². The Bertz CT molecular complexity index is 538. The number of rotatable bonds is 11. The number of carbonyl (C=O) groups excluding carboxylic acids is 4. The van der Waals surface area contributed by atoms with Gasteiger partial charge in [0, 0.05) is 13.1 Å². The van der Waals surface area contributed by atoms with E-state index in [1.54, 1.807) is 0 Å². The minimum absolute atomic E-state index is 0.00218. The van der Waals surface area contributed by atoms with Crippen LogP contribution in [0.1, 0.15) is 25.7 Å². The summed E-state index contributed by atoms with van der Waals surface area (Å²) < 4.78 is 0. The molecule has 0 radical (unpaired) electrons. The van der Waals surface area contributed by atoms with Crippen LogP contribution in [0.2, 0.25) is 0 Å². The van der Waals surface area contributed by atoms with Gasteiger partial charge in [0.2, 0.25) is 11.8 Å². The first-order chi connectivity index (χ1) is 13.4. The number of unbranched alkanes of at least 4 members (excludes halogenated alkanes) is 1. The lowest BCUT2D eigenvalue weighted by molar-refractivity contribution is -0.158. The van der Waals surface area contributed by atoms with Crippen LogP contribution in [0.15, 0.2) is 0 Å². The van der Waals surface area contributed by atoms with Gasteiger partial charge in [0.1, 0.15) is 0 Å². The zero-order valence-electron chi connectivity index (χ0n) is 15.6. The Balaban J connectivity index is 1.43. The van der Waals surface area contributed by atoms with Gasteiger partial charge in [-0.25, -0.2) is 10.1 Å². The molecule has 158 valence electrons. The predicted octanol–water partition coefficient (Wildman–Crippen LogP) is -2.84. The van der Waals surface area contributed by atoms with Gasteiger partial charge >= 0.3 is 0 Å².